The van der Waals surface area contributed by atoms with Gasteiger partial charge in [-0.1, -0.05) is 20.8 Å². The molecule has 1 saturated heterocycles. The molecule has 0 radical (unpaired) electrons. The van der Waals surface area contributed by atoms with Crippen LogP contribution >= 0.6 is 11.8 Å². The normalized spacial score (nSPS) is 18.8. The van der Waals surface area contributed by atoms with Gasteiger partial charge in [-0.05, 0) is 39.2 Å². The second kappa shape index (κ2) is 8.24. The van der Waals surface area contributed by atoms with Crippen LogP contribution < -0.4 is 4.74 Å². The summed E-state index contributed by atoms with van der Waals surface area (Å²) in [6.45, 7) is 11.5. The molecular formula is C19H30N2O2S. The molecule has 134 valence electrons. The number of hydrogen-bond donors (Lipinski definition) is 0. The first-order valence-electron chi connectivity index (χ1n) is 8.84. The average Bonchev–Trinajstić information content (AvgIpc) is 2.52. The van der Waals surface area contributed by atoms with Crippen molar-refractivity contribution in [1.29, 1.82) is 0 Å². The summed E-state index contributed by atoms with van der Waals surface area (Å²) >= 11 is 1.94. The van der Waals surface area contributed by atoms with E-state index >= 15 is 0 Å². The molecule has 1 aromatic rings. The summed E-state index contributed by atoms with van der Waals surface area (Å²) in [6.07, 6.45) is 5.11. The van der Waals surface area contributed by atoms with Gasteiger partial charge in [-0.3, -0.25) is 4.79 Å². The van der Waals surface area contributed by atoms with Crippen LogP contribution in [0.2, 0.25) is 0 Å². The van der Waals surface area contributed by atoms with Crippen LogP contribution in [-0.2, 0) is 0 Å². The zero-order valence-electron chi connectivity index (χ0n) is 15.5. The summed E-state index contributed by atoms with van der Waals surface area (Å²) in [5.41, 5.74) is 0.652. The van der Waals surface area contributed by atoms with E-state index in [0.717, 1.165) is 25.1 Å². The number of ether oxygens (including phenoxy) is 1. The molecule has 24 heavy (non-hydrogen) atoms. The lowest BCUT2D eigenvalue weighted by Gasteiger charge is -2.37. The van der Waals surface area contributed by atoms with Gasteiger partial charge in [0, 0.05) is 35.3 Å². The molecule has 1 aliphatic rings. The van der Waals surface area contributed by atoms with Crippen LogP contribution in [0.15, 0.2) is 18.3 Å². The van der Waals surface area contributed by atoms with Gasteiger partial charge in [0.1, 0.15) is 0 Å². The van der Waals surface area contributed by atoms with Crippen molar-refractivity contribution in [3.63, 3.8) is 0 Å². The second-order valence-electron chi connectivity index (χ2n) is 7.62. The van der Waals surface area contributed by atoms with E-state index in [-0.39, 0.29) is 16.8 Å². The van der Waals surface area contributed by atoms with Crippen LogP contribution in [0, 0.1) is 0 Å². The van der Waals surface area contributed by atoms with Crippen LogP contribution in [0.3, 0.4) is 0 Å². The Labute approximate surface area is 150 Å². The van der Waals surface area contributed by atoms with E-state index < -0.39 is 0 Å². The molecule has 4 nitrogen and oxygen atoms in total. The van der Waals surface area contributed by atoms with Crippen molar-refractivity contribution >= 4 is 17.7 Å². The Morgan fingerprint density at radius 1 is 1.38 bits per heavy atom. The zero-order chi connectivity index (χ0) is 17.7. The highest BCUT2D eigenvalue weighted by atomic mass is 32.2. The predicted octanol–water partition coefficient (Wildman–Crippen LogP) is 4.40. The summed E-state index contributed by atoms with van der Waals surface area (Å²) < 4.78 is 5.78. The molecule has 1 atom stereocenters. The van der Waals surface area contributed by atoms with Crippen LogP contribution in [0.25, 0.3) is 0 Å². The highest BCUT2D eigenvalue weighted by molar-refractivity contribution is 8.00. The number of aromatic nitrogens is 1. The summed E-state index contributed by atoms with van der Waals surface area (Å²) in [7, 11) is 0. The first-order valence-corrected chi connectivity index (χ1v) is 9.82. The number of thioether (sulfide) groups is 1. The third-order valence-corrected chi connectivity index (χ3v) is 5.35. The van der Waals surface area contributed by atoms with Gasteiger partial charge in [0.25, 0.3) is 5.91 Å². The molecule has 0 aliphatic carbocycles. The summed E-state index contributed by atoms with van der Waals surface area (Å²) in [4.78, 5) is 19.2. The lowest BCUT2D eigenvalue weighted by Crippen LogP contribution is -2.45. The molecule has 5 heteroatoms. The Kier molecular flexibility index (Phi) is 6.55. The molecule has 0 unspecified atom stereocenters. The van der Waals surface area contributed by atoms with Crippen molar-refractivity contribution in [2.45, 2.75) is 70.8 Å². The summed E-state index contributed by atoms with van der Waals surface area (Å²) in [5.74, 6) is 1.66. The highest BCUT2D eigenvalue weighted by Crippen LogP contribution is 2.29. The fourth-order valence-electron chi connectivity index (χ4n) is 2.77. The summed E-state index contributed by atoms with van der Waals surface area (Å²) in [6, 6.07) is 3.94. The number of nitrogens with zero attached hydrogens (tertiary/aromatic N) is 2. The minimum absolute atomic E-state index is 0.0833. The van der Waals surface area contributed by atoms with Crippen molar-refractivity contribution in [3.05, 3.63) is 23.9 Å². The second-order valence-corrected chi connectivity index (χ2v) is 9.47. The molecule has 1 fully saturated rings. The number of amides is 1. The Morgan fingerprint density at radius 3 is 2.71 bits per heavy atom. The minimum atomic E-state index is 0.0833. The van der Waals surface area contributed by atoms with Crippen LogP contribution in [0.4, 0.5) is 0 Å². The zero-order valence-corrected chi connectivity index (χ0v) is 16.4. The Hall–Kier alpha value is -1.23. The van der Waals surface area contributed by atoms with Crippen molar-refractivity contribution in [2.75, 3.05) is 12.3 Å². The molecule has 1 amide bonds. The van der Waals surface area contributed by atoms with E-state index in [1.807, 2.05) is 36.6 Å². The Morgan fingerprint density at radius 2 is 2.12 bits per heavy atom. The molecule has 0 bridgehead atoms. The van der Waals surface area contributed by atoms with Crippen LogP contribution in [0.1, 0.15) is 64.2 Å². The molecule has 1 aliphatic heterocycles. The van der Waals surface area contributed by atoms with E-state index in [9.17, 15) is 4.79 Å². The first-order chi connectivity index (χ1) is 11.3. The van der Waals surface area contributed by atoms with E-state index in [0.29, 0.717) is 17.5 Å². The van der Waals surface area contributed by atoms with Crippen LogP contribution in [-0.4, -0.2) is 45.0 Å². The van der Waals surface area contributed by atoms with Gasteiger partial charge in [-0.2, -0.15) is 11.8 Å². The number of piperidine rings is 1. The number of hydrogen-bond acceptors (Lipinski definition) is 4. The first kappa shape index (κ1) is 19.1. The Bertz CT molecular complexity index is 537. The fraction of sp³-hybridized carbons (Fsp3) is 0.684. The lowest BCUT2D eigenvalue weighted by molar-refractivity contribution is 0.0640. The standard InChI is InChI=1S/C19H30N2O2S/c1-14(2)23-17-10-9-15(12-20-17)18(22)21-11-7-6-8-16(21)13-24-19(3,4)5/h9-10,12,14,16H,6-8,11,13H2,1-5H3/t16-/m1/s1. The highest BCUT2D eigenvalue weighted by Gasteiger charge is 2.29. The maximum atomic E-state index is 12.9. The monoisotopic (exact) mass is 350 g/mol. The number of rotatable bonds is 5. The maximum absolute atomic E-state index is 12.9. The van der Waals surface area contributed by atoms with Crippen molar-refractivity contribution in [3.8, 4) is 5.88 Å². The van der Waals surface area contributed by atoms with Crippen molar-refractivity contribution < 1.29 is 9.53 Å². The number of likely N-dealkylation sites (tertiary alicyclic amines) is 1. The van der Waals surface area contributed by atoms with Gasteiger partial charge in [-0.25, -0.2) is 4.98 Å². The lowest BCUT2D eigenvalue weighted by atomic mass is 10.0. The SMILES string of the molecule is CC(C)Oc1ccc(C(=O)N2CCCC[C@@H]2CSC(C)(C)C)cn1. The average molecular weight is 351 g/mol. The van der Waals surface area contributed by atoms with Crippen LogP contribution in [0.5, 0.6) is 5.88 Å². The van der Waals surface area contributed by atoms with E-state index in [2.05, 4.69) is 25.8 Å². The number of carbonyl (C=O) groups is 1. The van der Waals surface area contributed by atoms with Gasteiger partial charge in [0.15, 0.2) is 0 Å². The topological polar surface area (TPSA) is 42.4 Å². The van der Waals surface area contributed by atoms with Gasteiger partial charge < -0.3 is 9.64 Å². The van der Waals surface area contributed by atoms with Gasteiger partial charge in [0.05, 0.1) is 11.7 Å². The molecule has 0 N–H and O–H groups in total. The molecule has 2 heterocycles. The third-order valence-electron chi connectivity index (χ3n) is 3.94. The maximum Gasteiger partial charge on any atom is 0.255 e. The largest absolute Gasteiger partial charge is 0.475 e. The Balaban J connectivity index is 2.05. The third kappa shape index (κ3) is 5.69. The number of carbonyl (C=O) groups excluding carboxylic acids is 1. The molecule has 0 aromatic carbocycles. The van der Waals surface area contributed by atoms with Gasteiger partial charge >= 0.3 is 0 Å². The minimum Gasteiger partial charge on any atom is -0.475 e. The van der Waals surface area contributed by atoms with Gasteiger partial charge in [-0.15, -0.1) is 0 Å². The van der Waals surface area contributed by atoms with E-state index in [4.69, 9.17) is 4.74 Å². The molecular weight excluding hydrogens is 320 g/mol. The molecule has 0 saturated carbocycles. The molecule has 1 aromatic heterocycles. The molecule has 2 rings (SSSR count). The summed E-state index contributed by atoms with van der Waals surface area (Å²) in [5, 5.41) is 0. The number of pyridine rings is 1. The van der Waals surface area contributed by atoms with Crippen molar-refractivity contribution in [2.24, 2.45) is 0 Å². The fourth-order valence-corrected chi connectivity index (χ4v) is 3.81. The van der Waals surface area contributed by atoms with E-state index in [1.54, 1.807) is 12.3 Å². The van der Waals surface area contributed by atoms with Crippen molar-refractivity contribution in [1.82, 2.24) is 9.88 Å². The quantitative estimate of drug-likeness (QED) is 0.789. The van der Waals surface area contributed by atoms with E-state index in [1.165, 1.54) is 6.42 Å². The predicted molar refractivity (Wildman–Crippen MR) is 101 cm³/mol. The smallest absolute Gasteiger partial charge is 0.255 e. The van der Waals surface area contributed by atoms with Gasteiger partial charge in [0.2, 0.25) is 5.88 Å². The molecule has 0 spiro atoms.